The van der Waals surface area contributed by atoms with E-state index in [1.165, 1.54) is 24.6 Å². The highest BCUT2D eigenvalue weighted by atomic mass is 16.5. The number of ether oxygens (including phenoxy) is 1. The molecule has 196 valence electrons. The fourth-order valence-corrected chi connectivity index (χ4v) is 5.02. The van der Waals surface area contributed by atoms with Crippen LogP contribution in [-0.2, 0) is 20.9 Å². The lowest BCUT2D eigenvalue weighted by atomic mass is 9.98. The van der Waals surface area contributed by atoms with E-state index in [9.17, 15) is 9.59 Å². The molecule has 1 N–H and O–H groups in total. The van der Waals surface area contributed by atoms with Crippen molar-refractivity contribution in [2.24, 2.45) is 5.92 Å². The van der Waals surface area contributed by atoms with Crippen LogP contribution in [0.1, 0.15) is 36.9 Å². The molecule has 0 radical (unpaired) electrons. The summed E-state index contributed by atoms with van der Waals surface area (Å²) in [5.74, 6) is -1.19. The molecule has 38 heavy (non-hydrogen) atoms. The van der Waals surface area contributed by atoms with Crippen molar-refractivity contribution >= 4 is 29.3 Å². The van der Waals surface area contributed by atoms with E-state index in [2.05, 4.69) is 34.1 Å². The monoisotopic (exact) mass is 512 g/mol. The van der Waals surface area contributed by atoms with Gasteiger partial charge in [0.2, 0.25) is 5.91 Å². The van der Waals surface area contributed by atoms with Crippen LogP contribution in [0.15, 0.2) is 67.1 Å². The molecule has 0 aliphatic carbocycles. The Hall–Kier alpha value is -4.04. The van der Waals surface area contributed by atoms with Gasteiger partial charge in [0.05, 0.1) is 24.1 Å². The molecule has 3 aromatic rings. The molecule has 8 heteroatoms. The number of pyridine rings is 2. The Morgan fingerprint density at radius 1 is 1.03 bits per heavy atom. The lowest BCUT2D eigenvalue weighted by molar-refractivity contribution is -0.131. The molecule has 1 amide bonds. The number of carboxylic acid groups (broad SMARTS) is 1. The predicted octanol–water partition coefficient (Wildman–Crippen LogP) is 4.80. The lowest BCUT2D eigenvalue weighted by Crippen LogP contribution is -2.38. The van der Waals surface area contributed by atoms with Crippen LogP contribution in [0.5, 0.6) is 0 Å². The average Bonchev–Trinajstić information content (AvgIpc) is 3.51. The van der Waals surface area contributed by atoms with Crippen molar-refractivity contribution < 1.29 is 19.4 Å². The van der Waals surface area contributed by atoms with E-state index in [4.69, 9.17) is 14.8 Å². The first kappa shape index (κ1) is 25.6. The average molecular weight is 513 g/mol. The molecular formula is C30H32N4O4. The van der Waals surface area contributed by atoms with Gasteiger partial charge in [0, 0.05) is 61.9 Å². The van der Waals surface area contributed by atoms with Crippen molar-refractivity contribution in [3.63, 3.8) is 0 Å². The van der Waals surface area contributed by atoms with Gasteiger partial charge in [0.15, 0.2) is 0 Å². The van der Waals surface area contributed by atoms with Gasteiger partial charge in [-0.15, -0.1) is 0 Å². The highest BCUT2D eigenvalue weighted by molar-refractivity contribution is 5.95. The topological polar surface area (TPSA) is 95.9 Å². The van der Waals surface area contributed by atoms with Crippen LogP contribution < -0.4 is 9.80 Å². The van der Waals surface area contributed by atoms with Crippen molar-refractivity contribution in [2.45, 2.75) is 32.2 Å². The van der Waals surface area contributed by atoms with Gasteiger partial charge in [0.25, 0.3) is 0 Å². The number of hydrogen-bond acceptors (Lipinski definition) is 6. The van der Waals surface area contributed by atoms with Crippen LogP contribution in [-0.4, -0.2) is 53.3 Å². The van der Waals surface area contributed by atoms with Crippen LogP contribution in [0.4, 0.5) is 11.4 Å². The number of aliphatic carboxylic acids is 1. The number of amides is 1. The van der Waals surface area contributed by atoms with E-state index in [0.29, 0.717) is 37.3 Å². The largest absolute Gasteiger partial charge is 0.478 e. The molecular weight excluding hydrogens is 480 g/mol. The minimum Gasteiger partial charge on any atom is -0.478 e. The molecule has 0 spiro atoms. The molecule has 5 rings (SSSR count). The highest BCUT2D eigenvalue weighted by Gasteiger charge is 2.28. The zero-order chi connectivity index (χ0) is 26.3. The molecule has 2 aliphatic rings. The SMILES string of the molecule is O=C(O)/C=C/c1cncc(N(Cc2ccc(-c3cccc(N4CCCC4)c3)cn2)C(=O)C2CCOCC2)c1. The number of nitrogens with zero attached hydrogens (tertiary/aromatic N) is 4. The van der Waals surface area contributed by atoms with E-state index >= 15 is 0 Å². The van der Waals surface area contributed by atoms with Gasteiger partial charge < -0.3 is 19.6 Å². The fourth-order valence-electron chi connectivity index (χ4n) is 5.02. The Labute approximate surface area is 222 Å². The van der Waals surface area contributed by atoms with Gasteiger partial charge in [0.1, 0.15) is 0 Å². The summed E-state index contributed by atoms with van der Waals surface area (Å²) in [7, 11) is 0. The van der Waals surface area contributed by atoms with E-state index < -0.39 is 5.97 Å². The summed E-state index contributed by atoms with van der Waals surface area (Å²) in [6.45, 7) is 3.61. The van der Waals surface area contributed by atoms with Crippen LogP contribution in [0, 0.1) is 5.92 Å². The molecule has 0 bridgehead atoms. The minimum atomic E-state index is -1.04. The Kier molecular flexibility index (Phi) is 8.09. The van der Waals surface area contributed by atoms with Gasteiger partial charge >= 0.3 is 5.97 Å². The first-order valence-electron chi connectivity index (χ1n) is 13.1. The number of carbonyl (C=O) groups is 2. The van der Waals surface area contributed by atoms with Crippen molar-refractivity contribution in [1.29, 1.82) is 0 Å². The third kappa shape index (κ3) is 6.26. The maximum atomic E-state index is 13.6. The number of rotatable bonds is 8. The third-order valence-corrected chi connectivity index (χ3v) is 7.11. The van der Waals surface area contributed by atoms with Crippen molar-refractivity contribution in [2.75, 3.05) is 36.1 Å². The molecule has 0 saturated carbocycles. The van der Waals surface area contributed by atoms with Gasteiger partial charge in [-0.2, -0.15) is 0 Å². The maximum absolute atomic E-state index is 13.6. The summed E-state index contributed by atoms with van der Waals surface area (Å²) in [4.78, 5) is 37.7. The quantitative estimate of drug-likeness (QED) is 0.433. The number of benzene rings is 1. The standard InChI is InChI=1S/C30H32N4O4/c35-29(36)9-6-22-16-28(20-31-18-22)34(30(37)23-10-14-38-15-11-23)21-26-8-7-25(19-32-26)24-4-3-5-27(17-24)33-12-1-2-13-33/h3-9,16-20,23H,1-2,10-15,21H2,(H,35,36)/b9-6+. The zero-order valence-electron chi connectivity index (χ0n) is 21.3. The first-order valence-corrected chi connectivity index (χ1v) is 13.1. The summed E-state index contributed by atoms with van der Waals surface area (Å²) < 4.78 is 5.46. The molecule has 2 fully saturated rings. The summed E-state index contributed by atoms with van der Waals surface area (Å²) in [5.41, 5.74) is 5.36. The molecule has 2 saturated heterocycles. The van der Waals surface area contributed by atoms with E-state index in [1.807, 2.05) is 18.3 Å². The van der Waals surface area contributed by atoms with Crippen LogP contribution >= 0.6 is 0 Å². The predicted molar refractivity (Wildman–Crippen MR) is 147 cm³/mol. The van der Waals surface area contributed by atoms with Crippen LogP contribution in [0.25, 0.3) is 17.2 Å². The number of carboxylic acids is 1. The molecule has 0 unspecified atom stereocenters. The number of carbonyl (C=O) groups excluding carboxylic acids is 1. The molecule has 1 aromatic carbocycles. The van der Waals surface area contributed by atoms with Gasteiger partial charge in [-0.25, -0.2) is 4.79 Å². The fraction of sp³-hybridized carbons (Fsp3) is 0.333. The van der Waals surface area contributed by atoms with E-state index in [1.54, 1.807) is 23.4 Å². The maximum Gasteiger partial charge on any atom is 0.328 e. The Bertz CT molecular complexity index is 1300. The van der Waals surface area contributed by atoms with Crippen LogP contribution in [0.2, 0.25) is 0 Å². The second-order valence-corrected chi connectivity index (χ2v) is 9.74. The Balaban J connectivity index is 1.38. The number of aromatic nitrogens is 2. The highest BCUT2D eigenvalue weighted by Crippen LogP contribution is 2.28. The smallest absolute Gasteiger partial charge is 0.328 e. The zero-order valence-corrected chi connectivity index (χ0v) is 21.3. The van der Waals surface area contributed by atoms with Gasteiger partial charge in [-0.1, -0.05) is 18.2 Å². The van der Waals surface area contributed by atoms with Crippen molar-refractivity contribution in [3.8, 4) is 11.1 Å². The summed E-state index contributed by atoms with van der Waals surface area (Å²) >= 11 is 0. The van der Waals surface area contributed by atoms with E-state index in [0.717, 1.165) is 36.0 Å². The van der Waals surface area contributed by atoms with Crippen molar-refractivity contribution in [3.05, 3.63) is 78.4 Å². The second-order valence-electron chi connectivity index (χ2n) is 9.74. The molecule has 0 atom stereocenters. The first-order chi connectivity index (χ1) is 18.6. The Morgan fingerprint density at radius 2 is 1.84 bits per heavy atom. The molecule has 2 aliphatic heterocycles. The van der Waals surface area contributed by atoms with E-state index in [-0.39, 0.29) is 18.4 Å². The summed E-state index contributed by atoms with van der Waals surface area (Å²) in [6.07, 6.45) is 11.4. The number of hydrogen-bond donors (Lipinski definition) is 1. The van der Waals surface area contributed by atoms with Gasteiger partial charge in [-0.05, 0) is 67.2 Å². The van der Waals surface area contributed by atoms with Crippen molar-refractivity contribution in [1.82, 2.24) is 9.97 Å². The Morgan fingerprint density at radius 3 is 2.58 bits per heavy atom. The molecule has 4 heterocycles. The normalized spacial score (nSPS) is 16.2. The summed E-state index contributed by atoms with van der Waals surface area (Å²) in [6, 6.07) is 14.3. The summed E-state index contributed by atoms with van der Waals surface area (Å²) in [5, 5.41) is 8.99. The minimum absolute atomic E-state index is 0.00125. The van der Waals surface area contributed by atoms with Gasteiger partial charge in [-0.3, -0.25) is 14.8 Å². The second kappa shape index (κ2) is 12.0. The third-order valence-electron chi connectivity index (χ3n) is 7.11. The number of anilines is 2. The lowest BCUT2D eigenvalue weighted by Gasteiger charge is -2.29. The molecule has 2 aromatic heterocycles. The molecule has 8 nitrogen and oxygen atoms in total. The van der Waals surface area contributed by atoms with Crippen LogP contribution in [0.3, 0.4) is 0 Å².